The third-order valence-electron chi connectivity index (χ3n) is 1.78. The molecule has 1 aromatic heterocycles. The Labute approximate surface area is 78.4 Å². The summed E-state index contributed by atoms with van der Waals surface area (Å²) in [4.78, 5) is 14.1. The summed E-state index contributed by atoms with van der Waals surface area (Å²) in [6.07, 6.45) is 0.172. The fourth-order valence-electron chi connectivity index (χ4n) is 1.14. The third kappa shape index (κ3) is 1.71. The van der Waals surface area contributed by atoms with Crippen molar-refractivity contribution in [2.24, 2.45) is 0 Å². The molecule has 1 heterocycles. The van der Waals surface area contributed by atoms with Crippen LogP contribution >= 0.6 is 0 Å². The molecule has 5 heteroatoms. The zero-order valence-electron chi connectivity index (χ0n) is 7.16. The van der Waals surface area contributed by atoms with Crippen LogP contribution in [-0.4, -0.2) is 10.1 Å². The molecular weight excluding hydrogens is 187 g/mol. The second-order valence-corrected chi connectivity index (χ2v) is 2.78. The fraction of sp³-hybridized carbons (Fsp3) is 0.111. The van der Waals surface area contributed by atoms with Gasteiger partial charge in [-0.1, -0.05) is 18.2 Å². The molecule has 0 radical (unpaired) electrons. The predicted molar refractivity (Wildman–Crippen MR) is 46.3 cm³/mol. The van der Waals surface area contributed by atoms with Crippen molar-refractivity contribution in [3.05, 3.63) is 52.0 Å². The number of halogens is 1. The summed E-state index contributed by atoms with van der Waals surface area (Å²) in [5, 5.41) is 2.04. The van der Waals surface area contributed by atoms with Gasteiger partial charge in [-0.2, -0.15) is 10.1 Å². The van der Waals surface area contributed by atoms with Crippen LogP contribution in [-0.2, 0) is 6.42 Å². The highest BCUT2D eigenvalue weighted by atomic mass is 19.1. The Morgan fingerprint density at radius 3 is 2.86 bits per heavy atom. The highest BCUT2D eigenvalue weighted by molar-refractivity contribution is 5.19. The summed E-state index contributed by atoms with van der Waals surface area (Å²) < 4.78 is 17.8. The lowest BCUT2D eigenvalue weighted by atomic mass is 10.1. The van der Waals surface area contributed by atoms with Gasteiger partial charge in [0.05, 0.1) is 6.42 Å². The van der Waals surface area contributed by atoms with Crippen LogP contribution in [0, 0.1) is 5.82 Å². The minimum Gasteiger partial charge on any atom is -0.362 e. The minimum atomic E-state index is -0.559. The lowest BCUT2D eigenvalue weighted by Gasteiger charge is -1.97. The lowest BCUT2D eigenvalue weighted by molar-refractivity contribution is 0.379. The molecule has 4 nitrogen and oxygen atoms in total. The molecule has 0 aliphatic rings. The molecule has 0 amide bonds. The van der Waals surface area contributed by atoms with Crippen LogP contribution in [0.4, 0.5) is 4.39 Å². The lowest BCUT2D eigenvalue weighted by Crippen LogP contribution is -2.01. The molecule has 2 rings (SSSR count). The Bertz CT molecular complexity index is 489. The molecule has 72 valence electrons. The monoisotopic (exact) mass is 194 g/mol. The van der Waals surface area contributed by atoms with E-state index in [2.05, 4.69) is 4.98 Å². The first-order valence-corrected chi connectivity index (χ1v) is 4.03. The maximum atomic E-state index is 13.1. The van der Waals surface area contributed by atoms with Crippen molar-refractivity contribution >= 4 is 0 Å². The average Bonchev–Trinajstić information content (AvgIpc) is 2.56. The number of nitrogens with one attached hydrogen (secondary N) is 1. The van der Waals surface area contributed by atoms with Crippen molar-refractivity contribution in [1.82, 2.24) is 10.1 Å². The molecule has 0 saturated heterocycles. The number of H-pyrrole nitrogens is 1. The van der Waals surface area contributed by atoms with E-state index < -0.39 is 5.69 Å². The summed E-state index contributed by atoms with van der Waals surface area (Å²) in [6, 6.07) is 6.27. The molecule has 0 aliphatic carbocycles. The van der Waals surface area contributed by atoms with Crippen LogP contribution in [0.1, 0.15) is 11.5 Å². The molecule has 1 aromatic carbocycles. The maximum absolute atomic E-state index is 13.1. The zero-order valence-corrected chi connectivity index (χ0v) is 7.16. The van der Waals surface area contributed by atoms with E-state index in [0.29, 0.717) is 5.56 Å². The van der Waals surface area contributed by atoms with E-state index in [1.54, 1.807) is 18.2 Å². The van der Waals surface area contributed by atoms with Gasteiger partial charge in [0, 0.05) is 0 Å². The quantitative estimate of drug-likeness (QED) is 0.778. The van der Waals surface area contributed by atoms with Gasteiger partial charge in [0.2, 0.25) is 5.89 Å². The first-order chi connectivity index (χ1) is 6.75. The van der Waals surface area contributed by atoms with Crippen LogP contribution < -0.4 is 5.69 Å². The summed E-state index contributed by atoms with van der Waals surface area (Å²) in [6.45, 7) is 0. The van der Waals surface area contributed by atoms with Gasteiger partial charge in [0.15, 0.2) is 0 Å². The molecule has 0 saturated carbocycles. The van der Waals surface area contributed by atoms with Crippen molar-refractivity contribution in [1.29, 1.82) is 0 Å². The predicted octanol–water partition coefficient (Wildman–Crippen LogP) is 1.09. The molecule has 0 atom stereocenters. The van der Waals surface area contributed by atoms with E-state index in [1.807, 2.05) is 5.16 Å². The second kappa shape index (κ2) is 3.45. The molecule has 0 bridgehead atoms. The number of nitrogens with zero attached hydrogens (tertiary/aromatic N) is 1. The number of hydrogen-bond acceptors (Lipinski definition) is 3. The Hall–Kier alpha value is -1.91. The van der Waals surface area contributed by atoms with E-state index in [0.717, 1.165) is 0 Å². The zero-order chi connectivity index (χ0) is 9.97. The molecule has 2 aromatic rings. The number of aromatic nitrogens is 2. The molecular formula is C9H7FN2O2. The number of rotatable bonds is 2. The van der Waals surface area contributed by atoms with Gasteiger partial charge in [-0.05, 0) is 11.6 Å². The Morgan fingerprint density at radius 2 is 2.21 bits per heavy atom. The van der Waals surface area contributed by atoms with Crippen LogP contribution in [0.2, 0.25) is 0 Å². The van der Waals surface area contributed by atoms with Crippen molar-refractivity contribution in [2.45, 2.75) is 6.42 Å². The molecule has 0 fully saturated rings. The van der Waals surface area contributed by atoms with Crippen LogP contribution in [0.25, 0.3) is 0 Å². The summed E-state index contributed by atoms with van der Waals surface area (Å²) >= 11 is 0. The number of aromatic amines is 1. The molecule has 1 N–H and O–H groups in total. The summed E-state index contributed by atoms with van der Waals surface area (Å²) in [5.74, 6) is -0.154. The van der Waals surface area contributed by atoms with E-state index in [-0.39, 0.29) is 18.1 Å². The van der Waals surface area contributed by atoms with Crippen LogP contribution in [0.5, 0.6) is 0 Å². The van der Waals surface area contributed by atoms with Gasteiger partial charge < -0.3 is 4.52 Å². The van der Waals surface area contributed by atoms with Crippen LogP contribution in [0.3, 0.4) is 0 Å². The third-order valence-corrected chi connectivity index (χ3v) is 1.78. The van der Waals surface area contributed by atoms with E-state index in [1.165, 1.54) is 6.07 Å². The van der Waals surface area contributed by atoms with Gasteiger partial charge in [-0.15, -0.1) is 0 Å². The Balaban J connectivity index is 2.27. The van der Waals surface area contributed by atoms with Gasteiger partial charge >= 0.3 is 5.69 Å². The first kappa shape index (κ1) is 8.68. The SMILES string of the molecule is O=c1nc(Cc2ccccc2F)o[nH]1. The first-order valence-electron chi connectivity index (χ1n) is 4.03. The molecule has 0 aliphatic heterocycles. The van der Waals surface area contributed by atoms with Crippen LogP contribution in [0.15, 0.2) is 33.6 Å². The van der Waals surface area contributed by atoms with Gasteiger partial charge in [-0.3, -0.25) is 0 Å². The average molecular weight is 194 g/mol. The smallest absolute Gasteiger partial charge is 0.362 e. The van der Waals surface area contributed by atoms with Crippen molar-refractivity contribution in [2.75, 3.05) is 0 Å². The van der Waals surface area contributed by atoms with Crippen molar-refractivity contribution in [3.8, 4) is 0 Å². The van der Waals surface area contributed by atoms with Gasteiger partial charge in [0.25, 0.3) is 0 Å². The largest absolute Gasteiger partial charge is 0.377 e. The molecule has 0 spiro atoms. The van der Waals surface area contributed by atoms with Crippen molar-refractivity contribution in [3.63, 3.8) is 0 Å². The highest BCUT2D eigenvalue weighted by Crippen LogP contribution is 2.09. The van der Waals surface area contributed by atoms with E-state index in [9.17, 15) is 9.18 Å². The molecule has 14 heavy (non-hydrogen) atoms. The topological polar surface area (TPSA) is 58.9 Å². The highest BCUT2D eigenvalue weighted by Gasteiger charge is 2.06. The maximum Gasteiger partial charge on any atom is 0.377 e. The van der Waals surface area contributed by atoms with Gasteiger partial charge in [0.1, 0.15) is 5.82 Å². The standard InChI is InChI=1S/C9H7FN2O2/c10-7-4-2-1-3-6(7)5-8-11-9(13)12-14-8/h1-4H,5H2,(H,12,13). The normalized spacial score (nSPS) is 10.4. The minimum absolute atomic E-state index is 0.172. The van der Waals surface area contributed by atoms with Crippen molar-refractivity contribution < 1.29 is 8.91 Å². The second-order valence-electron chi connectivity index (χ2n) is 2.78. The Morgan fingerprint density at radius 1 is 1.43 bits per heavy atom. The van der Waals surface area contributed by atoms with E-state index in [4.69, 9.17) is 4.52 Å². The van der Waals surface area contributed by atoms with E-state index >= 15 is 0 Å². The fourth-order valence-corrected chi connectivity index (χ4v) is 1.14. The Kier molecular flexibility index (Phi) is 2.14. The molecule has 0 unspecified atom stereocenters. The number of hydrogen-bond donors (Lipinski definition) is 1. The van der Waals surface area contributed by atoms with Gasteiger partial charge in [-0.25, -0.2) is 9.18 Å². The number of benzene rings is 1. The summed E-state index contributed by atoms with van der Waals surface area (Å²) in [5.41, 5.74) is -0.112. The summed E-state index contributed by atoms with van der Waals surface area (Å²) in [7, 11) is 0.